The average Bonchev–Trinajstić information content (AvgIpc) is 2.67. The summed E-state index contributed by atoms with van der Waals surface area (Å²) in [5.74, 6) is 4.62. The predicted molar refractivity (Wildman–Crippen MR) is 110 cm³/mol. The minimum absolute atomic E-state index is 0.384. The highest BCUT2D eigenvalue weighted by molar-refractivity contribution is 7.99. The molecule has 25 heavy (non-hydrogen) atoms. The van der Waals surface area contributed by atoms with Gasteiger partial charge in [-0.3, -0.25) is 0 Å². The van der Waals surface area contributed by atoms with Crippen LogP contribution in [0.4, 0.5) is 0 Å². The Bertz CT molecular complexity index is 775. The Morgan fingerprint density at radius 2 is 1.52 bits per heavy atom. The second-order valence-electron chi connectivity index (χ2n) is 7.05. The Kier molecular flexibility index (Phi) is 5.28. The third kappa shape index (κ3) is 3.43. The zero-order chi connectivity index (χ0) is 17.2. The Balaban J connectivity index is 1.94. The summed E-state index contributed by atoms with van der Waals surface area (Å²) in [6.07, 6.45) is 4.39. The highest BCUT2D eigenvalue weighted by Crippen LogP contribution is 2.43. The molecular weight excluding hydrogens is 348 g/mol. The van der Waals surface area contributed by atoms with Crippen LogP contribution >= 0.6 is 23.5 Å². The van der Waals surface area contributed by atoms with E-state index >= 15 is 0 Å². The molecule has 1 N–H and O–H groups in total. The van der Waals surface area contributed by atoms with E-state index in [1.54, 1.807) is 0 Å². The van der Waals surface area contributed by atoms with E-state index in [9.17, 15) is 9.90 Å². The van der Waals surface area contributed by atoms with Gasteiger partial charge in [-0.1, -0.05) is 24.3 Å². The molecule has 2 fully saturated rings. The Morgan fingerprint density at radius 3 is 2.16 bits per heavy atom. The van der Waals surface area contributed by atoms with Gasteiger partial charge in [-0.2, -0.15) is 23.5 Å². The monoisotopic (exact) mass is 372 g/mol. The van der Waals surface area contributed by atoms with E-state index in [1.807, 2.05) is 29.6 Å². The van der Waals surface area contributed by atoms with Gasteiger partial charge in [0.25, 0.3) is 0 Å². The summed E-state index contributed by atoms with van der Waals surface area (Å²) in [5, 5.41) is 12.5. The van der Waals surface area contributed by atoms with Crippen LogP contribution in [0.2, 0.25) is 0 Å². The van der Waals surface area contributed by atoms with Gasteiger partial charge < -0.3 is 5.11 Å². The minimum Gasteiger partial charge on any atom is -0.478 e. The van der Waals surface area contributed by atoms with Gasteiger partial charge in [-0.15, -0.1) is 0 Å². The maximum absolute atomic E-state index is 12.4. The second-order valence-corrected chi connectivity index (χ2v) is 9.50. The predicted octanol–water partition coefficient (Wildman–Crippen LogP) is 5.76. The van der Waals surface area contributed by atoms with Crippen molar-refractivity contribution < 1.29 is 9.90 Å². The first-order valence-corrected chi connectivity index (χ1v) is 11.5. The first kappa shape index (κ1) is 17.3. The lowest BCUT2D eigenvalue weighted by molar-refractivity contribution is 0.0693. The van der Waals surface area contributed by atoms with E-state index in [4.69, 9.17) is 0 Å². The average molecular weight is 373 g/mol. The standard InChI is InChI=1S/C21H24O2S2/c22-21(23)20-18(14-5-9-24-10-6-14)13-16-3-1-2-4-17(16)19(20)15-7-11-25-12-8-15/h1-4,13-15H,5-12H2,(H,22,23). The summed E-state index contributed by atoms with van der Waals surface area (Å²) < 4.78 is 0. The molecule has 0 radical (unpaired) electrons. The van der Waals surface area contributed by atoms with Crippen LogP contribution in [0.5, 0.6) is 0 Å². The van der Waals surface area contributed by atoms with Crippen LogP contribution in [0.1, 0.15) is 59.0 Å². The lowest BCUT2D eigenvalue weighted by Gasteiger charge is -2.29. The highest BCUT2D eigenvalue weighted by atomic mass is 32.2. The summed E-state index contributed by atoms with van der Waals surface area (Å²) in [4.78, 5) is 12.4. The van der Waals surface area contributed by atoms with E-state index in [0.29, 0.717) is 17.4 Å². The zero-order valence-corrected chi connectivity index (χ0v) is 16.0. The second kappa shape index (κ2) is 7.63. The number of aromatic carboxylic acids is 1. The van der Waals surface area contributed by atoms with Gasteiger partial charge >= 0.3 is 5.97 Å². The van der Waals surface area contributed by atoms with Gasteiger partial charge in [0.15, 0.2) is 0 Å². The van der Waals surface area contributed by atoms with E-state index in [0.717, 1.165) is 65.2 Å². The largest absolute Gasteiger partial charge is 0.478 e. The molecule has 0 atom stereocenters. The lowest BCUT2D eigenvalue weighted by Crippen LogP contribution is -2.18. The molecule has 2 nitrogen and oxygen atoms in total. The molecule has 0 aliphatic carbocycles. The molecule has 0 spiro atoms. The van der Waals surface area contributed by atoms with Crippen LogP contribution in [-0.4, -0.2) is 34.1 Å². The van der Waals surface area contributed by atoms with Gasteiger partial charge in [0.1, 0.15) is 0 Å². The summed E-state index contributed by atoms with van der Waals surface area (Å²) in [6, 6.07) is 10.6. The quantitative estimate of drug-likeness (QED) is 0.743. The first-order valence-electron chi connectivity index (χ1n) is 9.20. The van der Waals surface area contributed by atoms with Gasteiger partial charge in [0.2, 0.25) is 0 Å². The number of thioether (sulfide) groups is 2. The number of fused-ring (bicyclic) bond motifs is 1. The Hall–Kier alpha value is -1.13. The summed E-state index contributed by atoms with van der Waals surface area (Å²) in [7, 11) is 0. The summed E-state index contributed by atoms with van der Waals surface area (Å²) in [5.41, 5.74) is 2.85. The van der Waals surface area contributed by atoms with Crippen molar-refractivity contribution in [3.05, 3.63) is 47.0 Å². The Labute approximate surface area is 157 Å². The first-order chi connectivity index (χ1) is 12.3. The van der Waals surface area contributed by atoms with Crippen LogP contribution in [-0.2, 0) is 0 Å². The fourth-order valence-corrected chi connectivity index (χ4v) is 6.59. The molecule has 4 heteroatoms. The molecule has 0 bridgehead atoms. The number of carboxylic acid groups (broad SMARTS) is 1. The molecule has 132 valence electrons. The SMILES string of the molecule is O=C(O)c1c(C2CCSCC2)cc2ccccc2c1C1CCSCC1. The van der Waals surface area contributed by atoms with Crippen LogP contribution in [0.15, 0.2) is 30.3 Å². The molecule has 0 aromatic heterocycles. The molecule has 2 aliphatic heterocycles. The zero-order valence-electron chi connectivity index (χ0n) is 14.4. The van der Waals surface area contributed by atoms with Crippen molar-refractivity contribution in [2.24, 2.45) is 0 Å². The van der Waals surface area contributed by atoms with Crippen molar-refractivity contribution in [1.82, 2.24) is 0 Å². The molecule has 4 rings (SSSR count). The van der Waals surface area contributed by atoms with Crippen molar-refractivity contribution in [1.29, 1.82) is 0 Å². The van der Waals surface area contributed by atoms with Crippen LogP contribution in [0.3, 0.4) is 0 Å². The van der Waals surface area contributed by atoms with Gasteiger partial charge in [0, 0.05) is 0 Å². The molecule has 0 saturated carbocycles. The number of carbonyl (C=O) groups is 1. The molecule has 0 unspecified atom stereocenters. The molecule has 2 aromatic carbocycles. The third-order valence-electron chi connectivity index (χ3n) is 5.62. The third-order valence-corrected chi connectivity index (χ3v) is 7.72. The molecule has 2 aromatic rings. The molecule has 2 aliphatic rings. The van der Waals surface area contributed by atoms with Crippen molar-refractivity contribution in [2.45, 2.75) is 37.5 Å². The lowest BCUT2D eigenvalue weighted by atomic mass is 9.79. The van der Waals surface area contributed by atoms with Gasteiger partial charge in [-0.25, -0.2) is 4.79 Å². The summed E-state index contributed by atoms with van der Waals surface area (Å²) in [6.45, 7) is 0. The van der Waals surface area contributed by atoms with E-state index in [1.165, 1.54) is 5.39 Å². The van der Waals surface area contributed by atoms with Crippen LogP contribution in [0.25, 0.3) is 10.8 Å². The number of benzene rings is 2. The number of hydrogen-bond acceptors (Lipinski definition) is 3. The minimum atomic E-state index is -0.729. The van der Waals surface area contributed by atoms with Crippen LogP contribution in [0, 0.1) is 0 Å². The number of carboxylic acids is 1. The normalized spacial score (nSPS) is 20.0. The van der Waals surface area contributed by atoms with Crippen molar-refractivity contribution in [3.63, 3.8) is 0 Å². The molecule has 0 amide bonds. The maximum atomic E-state index is 12.4. The molecule has 2 saturated heterocycles. The summed E-state index contributed by atoms with van der Waals surface area (Å²) >= 11 is 3.99. The van der Waals surface area contributed by atoms with E-state index < -0.39 is 5.97 Å². The van der Waals surface area contributed by atoms with E-state index in [2.05, 4.69) is 24.3 Å². The van der Waals surface area contributed by atoms with Gasteiger partial charge in [-0.05, 0) is 88.5 Å². The molecular formula is C21H24O2S2. The van der Waals surface area contributed by atoms with Crippen molar-refractivity contribution >= 4 is 40.3 Å². The molecule has 2 heterocycles. The van der Waals surface area contributed by atoms with Gasteiger partial charge in [0.05, 0.1) is 5.56 Å². The van der Waals surface area contributed by atoms with Crippen molar-refractivity contribution in [2.75, 3.05) is 23.0 Å². The smallest absolute Gasteiger partial charge is 0.336 e. The highest BCUT2D eigenvalue weighted by Gasteiger charge is 2.29. The number of rotatable bonds is 3. The maximum Gasteiger partial charge on any atom is 0.336 e. The Morgan fingerprint density at radius 1 is 0.920 bits per heavy atom. The fraction of sp³-hybridized carbons (Fsp3) is 0.476. The number of hydrogen-bond donors (Lipinski definition) is 1. The fourth-order valence-electron chi connectivity index (χ4n) is 4.38. The van der Waals surface area contributed by atoms with Crippen molar-refractivity contribution in [3.8, 4) is 0 Å². The van der Waals surface area contributed by atoms with E-state index in [-0.39, 0.29) is 0 Å². The topological polar surface area (TPSA) is 37.3 Å². The van der Waals surface area contributed by atoms with Crippen LogP contribution < -0.4 is 0 Å².